The van der Waals surface area contributed by atoms with Gasteiger partial charge in [-0.15, -0.1) is 0 Å². The van der Waals surface area contributed by atoms with Gasteiger partial charge in [0.05, 0.1) is 5.54 Å². The van der Waals surface area contributed by atoms with E-state index in [0.717, 1.165) is 37.1 Å². The lowest BCUT2D eigenvalue weighted by Crippen LogP contribution is -2.57. The summed E-state index contributed by atoms with van der Waals surface area (Å²) in [5.74, 6) is 3.36. The average molecular weight is 276 g/mol. The fraction of sp³-hybridized carbons (Fsp3) is 0.941. The lowest BCUT2D eigenvalue weighted by molar-refractivity contribution is -0.128. The van der Waals surface area contributed by atoms with E-state index in [0.29, 0.717) is 11.3 Å². The number of hydrogen-bond donors (Lipinski definition) is 2. The zero-order valence-corrected chi connectivity index (χ0v) is 12.7. The van der Waals surface area contributed by atoms with Crippen molar-refractivity contribution in [1.29, 1.82) is 0 Å². The molecule has 20 heavy (non-hydrogen) atoms. The van der Waals surface area contributed by atoms with Crippen LogP contribution in [0.25, 0.3) is 0 Å². The first-order chi connectivity index (χ1) is 9.47. The van der Waals surface area contributed by atoms with Crippen LogP contribution in [0.4, 0.5) is 0 Å². The molecule has 3 nitrogen and oxygen atoms in total. The van der Waals surface area contributed by atoms with Crippen LogP contribution in [0.5, 0.6) is 0 Å². The summed E-state index contributed by atoms with van der Waals surface area (Å²) in [7, 11) is 0. The van der Waals surface area contributed by atoms with Gasteiger partial charge in [-0.05, 0) is 87.4 Å². The highest BCUT2D eigenvalue weighted by Gasteiger charge is 2.51. The predicted octanol–water partition coefficient (Wildman–Crippen LogP) is 2.45. The van der Waals surface area contributed by atoms with E-state index in [1.807, 2.05) is 6.92 Å². The summed E-state index contributed by atoms with van der Waals surface area (Å²) >= 11 is 0. The van der Waals surface area contributed by atoms with E-state index in [4.69, 9.17) is 5.73 Å². The summed E-state index contributed by atoms with van der Waals surface area (Å²) in [5, 5.41) is 3.24. The largest absolute Gasteiger partial charge is 0.354 e. The van der Waals surface area contributed by atoms with Crippen LogP contribution in [0.15, 0.2) is 0 Å². The van der Waals surface area contributed by atoms with E-state index < -0.39 is 5.54 Å². The van der Waals surface area contributed by atoms with Crippen molar-refractivity contribution in [2.24, 2.45) is 34.8 Å². The molecule has 112 valence electrons. The Morgan fingerprint density at radius 3 is 2.10 bits per heavy atom. The molecule has 0 aliphatic heterocycles. The number of nitrogens with one attached hydrogen (secondary N) is 1. The molecule has 5 fully saturated rings. The summed E-state index contributed by atoms with van der Waals surface area (Å²) in [6.45, 7) is 2.80. The normalized spacial score (nSPS) is 45.2. The Morgan fingerprint density at radius 2 is 1.65 bits per heavy atom. The molecule has 0 saturated heterocycles. The van der Waals surface area contributed by atoms with Crippen molar-refractivity contribution in [1.82, 2.24) is 5.32 Å². The third-order valence-electron chi connectivity index (χ3n) is 6.70. The minimum Gasteiger partial charge on any atom is -0.354 e. The van der Waals surface area contributed by atoms with Crippen LogP contribution in [0, 0.1) is 29.1 Å². The molecule has 0 aromatic carbocycles. The summed E-state index contributed by atoms with van der Waals surface area (Å²) in [6, 6.07) is 0. The van der Waals surface area contributed by atoms with Gasteiger partial charge in [0, 0.05) is 6.54 Å². The number of amides is 1. The highest BCUT2D eigenvalue weighted by atomic mass is 16.2. The molecule has 4 bridgehead atoms. The van der Waals surface area contributed by atoms with Crippen molar-refractivity contribution in [3.05, 3.63) is 0 Å². The van der Waals surface area contributed by atoms with Crippen LogP contribution in [-0.2, 0) is 4.79 Å². The van der Waals surface area contributed by atoms with Crippen LogP contribution in [0.1, 0.15) is 58.3 Å². The molecular formula is C17H28N2O. The Labute approximate surface area is 122 Å². The maximum Gasteiger partial charge on any atom is 0.240 e. The fourth-order valence-corrected chi connectivity index (χ4v) is 5.83. The van der Waals surface area contributed by atoms with E-state index in [1.165, 1.54) is 38.5 Å². The van der Waals surface area contributed by atoms with Gasteiger partial charge in [-0.2, -0.15) is 0 Å². The minimum atomic E-state index is -0.637. The SMILES string of the molecule is CC(N)(C(=O)NCC12CC3CC(CC(C3)C1)C2)C1CC1. The average Bonchev–Trinajstić information content (AvgIpc) is 3.18. The molecule has 1 amide bonds. The van der Waals surface area contributed by atoms with Gasteiger partial charge in [0.2, 0.25) is 5.91 Å². The zero-order chi connectivity index (χ0) is 14.0. The standard InChI is InChI=1S/C17H28N2O/c1-16(18,14-2-3-14)15(20)19-10-17-7-11-4-12(8-17)6-13(5-11)9-17/h11-14H,2-10,18H2,1H3,(H,19,20). The Hall–Kier alpha value is -0.570. The molecule has 3 N–H and O–H groups in total. The molecule has 1 atom stereocenters. The third kappa shape index (κ3) is 2.09. The van der Waals surface area contributed by atoms with Gasteiger partial charge in [-0.3, -0.25) is 4.79 Å². The monoisotopic (exact) mass is 276 g/mol. The summed E-state index contributed by atoms with van der Waals surface area (Å²) in [4.78, 5) is 12.4. The minimum absolute atomic E-state index is 0.0933. The molecule has 5 aliphatic carbocycles. The number of carbonyl (C=O) groups is 1. The van der Waals surface area contributed by atoms with Crippen LogP contribution in [0.3, 0.4) is 0 Å². The molecular weight excluding hydrogens is 248 g/mol. The lowest BCUT2D eigenvalue weighted by atomic mass is 9.49. The number of rotatable bonds is 4. The Balaban J connectivity index is 1.40. The Morgan fingerprint density at radius 1 is 1.15 bits per heavy atom. The van der Waals surface area contributed by atoms with Gasteiger partial charge in [-0.1, -0.05) is 0 Å². The van der Waals surface area contributed by atoms with Crippen LogP contribution >= 0.6 is 0 Å². The van der Waals surface area contributed by atoms with Crippen LogP contribution in [-0.4, -0.2) is 18.0 Å². The molecule has 0 radical (unpaired) electrons. The molecule has 0 aromatic rings. The van der Waals surface area contributed by atoms with Gasteiger partial charge in [0.25, 0.3) is 0 Å². The first-order valence-corrected chi connectivity index (χ1v) is 8.54. The number of carbonyl (C=O) groups excluding carboxylic acids is 1. The third-order valence-corrected chi connectivity index (χ3v) is 6.70. The second-order valence-corrected chi connectivity index (χ2v) is 8.66. The van der Waals surface area contributed by atoms with Gasteiger partial charge in [0.15, 0.2) is 0 Å². The van der Waals surface area contributed by atoms with Crippen molar-refractivity contribution in [3.8, 4) is 0 Å². The van der Waals surface area contributed by atoms with Crippen molar-refractivity contribution >= 4 is 5.91 Å². The second kappa shape index (κ2) is 4.22. The van der Waals surface area contributed by atoms with E-state index in [9.17, 15) is 4.79 Å². The smallest absolute Gasteiger partial charge is 0.240 e. The molecule has 0 spiro atoms. The Bertz CT molecular complexity index is 389. The molecule has 5 aliphatic rings. The van der Waals surface area contributed by atoms with Gasteiger partial charge in [-0.25, -0.2) is 0 Å². The van der Waals surface area contributed by atoms with Crippen molar-refractivity contribution in [2.75, 3.05) is 6.54 Å². The van der Waals surface area contributed by atoms with E-state index in [2.05, 4.69) is 5.32 Å². The van der Waals surface area contributed by atoms with Gasteiger partial charge in [0.1, 0.15) is 0 Å². The first-order valence-electron chi connectivity index (χ1n) is 8.54. The summed E-state index contributed by atoms with van der Waals surface area (Å²) < 4.78 is 0. The highest BCUT2D eigenvalue weighted by molar-refractivity contribution is 5.86. The molecule has 3 heteroatoms. The van der Waals surface area contributed by atoms with Crippen LogP contribution in [0.2, 0.25) is 0 Å². The molecule has 0 aromatic heterocycles. The van der Waals surface area contributed by atoms with E-state index in [1.54, 1.807) is 0 Å². The van der Waals surface area contributed by atoms with Crippen molar-refractivity contribution in [3.63, 3.8) is 0 Å². The molecule has 5 rings (SSSR count). The molecule has 1 unspecified atom stereocenters. The Kier molecular flexibility index (Phi) is 2.77. The summed E-state index contributed by atoms with van der Waals surface area (Å²) in [5.41, 5.74) is 6.02. The maximum atomic E-state index is 12.4. The summed E-state index contributed by atoms with van der Waals surface area (Å²) in [6.07, 6.45) is 10.7. The van der Waals surface area contributed by atoms with Gasteiger partial charge < -0.3 is 11.1 Å². The first kappa shape index (κ1) is 13.1. The van der Waals surface area contributed by atoms with E-state index in [-0.39, 0.29) is 5.91 Å². The highest BCUT2D eigenvalue weighted by Crippen LogP contribution is 2.59. The van der Waals surface area contributed by atoms with Crippen molar-refractivity contribution < 1.29 is 4.79 Å². The van der Waals surface area contributed by atoms with Crippen LogP contribution < -0.4 is 11.1 Å². The zero-order valence-electron chi connectivity index (χ0n) is 12.7. The molecule has 5 saturated carbocycles. The van der Waals surface area contributed by atoms with E-state index >= 15 is 0 Å². The predicted molar refractivity (Wildman–Crippen MR) is 78.9 cm³/mol. The fourth-order valence-electron chi connectivity index (χ4n) is 5.83. The maximum absolute atomic E-state index is 12.4. The lowest BCUT2D eigenvalue weighted by Gasteiger charge is -2.57. The topological polar surface area (TPSA) is 55.1 Å². The second-order valence-electron chi connectivity index (χ2n) is 8.66. The van der Waals surface area contributed by atoms with Gasteiger partial charge >= 0.3 is 0 Å². The quantitative estimate of drug-likeness (QED) is 0.828. The number of hydrogen-bond acceptors (Lipinski definition) is 2. The number of nitrogens with two attached hydrogens (primary N) is 1. The molecule has 0 heterocycles. The van der Waals surface area contributed by atoms with Crippen molar-refractivity contribution in [2.45, 2.75) is 63.8 Å².